The molecule has 8 nitrogen and oxygen atoms in total. The molecule has 0 spiro atoms. The number of aryl methyl sites for hydroxylation is 1. The maximum atomic E-state index is 13.2. The fourth-order valence-electron chi connectivity index (χ4n) is 3.39. The molecule has 2 aromatic rings. The number of alkyl halides is 3. The summed E-state index contributed by atoms with van der Waals surface area (Å²) < 4.78 is 44.2. The van der Waals surface area contributed by atoms with Crippen LogP contribution < -0.4 is 0 Å². The summed E-state index contributed by atoms with van der Waals surface area (Å²) in [5.41, 5.74) is -0.0471. The van der Waals surface area contributed by atoms with Gasteiger partial charge in [-0.25, -0.2) is 0 Å². The van der Waals surface area contributed by atoms with Crippen LogP contribution in [0.4, 0.5) is 13.2 Å². The van der Waals surface area contributed by atoms with E-state index < -0.39 is 11.7 Å². The summed E-state index contributed by atoms with van der Waals surface area (Å²) in [5.74, 6) is -0.384. The van der Waals surface area contributed by atoms with Crippen LogP contribution >= 0.6 is 0 Å². The minimum atomic E-state index is -4.50. The molecule has 0 aliphatic carbocycles. The molecule has 0 unspecified atom stereocenters. The predicted molar refractivity (Wildman–Crippen MR) is 103 cm³/mol. The number of halogens is 3. The van der Waals surface area contributed by atoms with Crippen molar-refractivity contribution >= 4 is 18.0 Å². The summed E-state index contributed by atoms with van der Waals surface area (Å²) in [5, 5.41) is 11.5. The number of carbonyl (C=O) groups excluding carboxylic acids is 2. The van der Waals surface area contributed by atoms with Gasteiger partial charge in [0.2, 0.25) is 5.91 Å². The topological polar surface area (TPSA) is 90.2 Å². The number of hydrogen-bond acceptors (Lipinski definition) is 6. The smallest absolute Gasteiger partial charge is 0.416 e. The van der Waals surface area contributed by atoms with E-state index in [0.29, 0.717) is 42.9 Å². The van der Waals surface area contributed by atoms with E-state index >= 15 is 0 Å². The van der Waals surface area contributed by atoms with Gasteiger partial charge in [0.05, 0.1) is 25.1 Å². The Morgan fingerprint density at radius 2 is 1.97 bits per heavy atom. The first kappa shape index (κ1) is 22.4. The molecule has 1 aromatic carbocycles. The first-order chi connectivity index (χ1) is 14.7. The number of aromatic nitrogens is 4. The lowest BCUT2D eigenvalue weighted by Crippen LogP contribution is -2.39. The third-order valence-corrected chi connectivity index (χ3v) is 5.08. The second-order valence-corrected chi connectivity index (χ2v) is 7.23. The molecule has 0 bridgehead atoms. The summed E-state index contributed by atoms with van der Waals surface area (Å²) in [4.78, 5) is 26.9. The van der Waals surface area contributed by atoms with Gasteiger partial charge in [0.15, 0.2) is 5.82 Å². The third-order valence-electron chi connectivity index (χ3n) is 5.08. The van der Waals surface area contributed by atoms with Gasteiger partial charge in [0.25, 0.3) is 0 Å². The highest BCUT2D eigenvalue weighted by molar-refractivity contribution is 5.92. The number of likely N-dealkylation sites (tertiary alicyclic amines) is 1. The minimum Gasteiger partial charge on any atom is -0.469 e. The van der Waals surface area contributed by atoms with Crippen molar-refractivity contribution in [3.05, 3.63) is 46.8 Å². The van der Waals surface area contributed by atoms with Crippen molar-refractivity contribution in [2.45, 2.75) is 32.5 Å². The first-order valence-corrected chi connectivity index (χ1v) is 9.66. The number of piperidine rings is 1. The quantitative estimate of drug-likeness (QED) is 0.527. The third kappa shape index (κ3) is 5.68. The average molecular weight is 437 g/mol. The Labute approximate surface area is 176 Å². The van der Waals surface area contributed by atoms with Crippen LogP contribution in [0, 0.1) is 12.8 Å². The summed E-state index contributed by atoms with van der Waals surface area (Å²) >= 11 is 0. The number of hydrogen-bond donors (Lipinski definition) is 0. The van der Waals surface area contributed by atoms with Crippen LogP contribution in [-0.4, -0.2) is 57.2 Å². The molecule has 2 heterocycles. The summed E-state index contributed by atoms with van der Waals surface area (Å²) in [6.45, 7) is 2.41. The molecule has 0 saturated carbocycles. The Hall–Kier alpha value is -3.24. The fraction of sp³-hybridized carbons (Fsp3) is 0.450. The summed E-state index contributed by atoms with van der Waals surface area (Å²) in [6, 6.07) is 3.30. The molecule has 0 N–H and O–H groups in total. The van der Waals surface area contributed by atoms with Crippen molar-refractivity contribution in [1.29, 1.82) is 0 Å². The zero-order chi connectivity index (χ0) is 22.6. The van der Waals surface area contributed by atoms with Gasteiger partial charge >= 0.3 is 12.1 Å². The molecule has 1 aliphatic rings. The Kier molecular flexibility index (Phi) is 6.71. The van der Waals surface area contributed by atoms with E-state index in [0.717, 1.165) is 12.1 Å². The van der Waals surface area contributed by atoms with Gasteiger partial charge in [-0.1, -0.05) is 6.07 Å². The van der Waals surface area contributed by atoms with Crippen molar-refractivity contribution in [3.63, 3.8) is 0 Å². The lowest BCUT2D eigenvalue weighted by Gasteiger charge is -2.29. The number of amides is 1. The molecule has 31 heavy (non-hydrogen) atoms. The Balaban J connectivity index is 1.75. The molecular weight excluding hydrogens is 415 g/mol. The van der Waals surface area contributed by atoms with Gasteiger partial charge in [-0.3, -0.25) is 9.59 Å². The van der Waals surface area contributed by atoms with E-state index in [9.17, 15) is 22.8 Å². The van der Waals surface area contributed by atoms with Crippen LogP contribution in [0.2, 0.25) is 0 Å². The molecule has 166 valence electrons. The lowest BCUT2D eigenvalue weighted by atomic mass is 9.97. The molecule has 1 aliphatic heterocycles. The molecule has 11 heteroatoms. The number of nitrogens with zero attached hydrogens (tertiary/aromatic N) is 5. The number of benzene rings is 1. The molecule has 1 saturated heterocycles. The van der Waals surface area contributed by atoms with Gasteiger partial charge in [0, 0.05) is 19.2 Å². The second-order valence-electron chi connectivity index (χ2n) is 7.23. The van der Waals surface area contributed by atoms with Crippen molar-refractivity contribution in [2.24, 2.45) is 5.92 Å². The molecule has 0 atom stereocenters. The highest BCUT2D eigenvalue weighted by atomic mass is 19.4. The Morgan fingerprint density at radius 1 is 1.26 bits per heavy atom. The normalized spacial score (nSPS) is 15.5. The van der Waals surface area contributed by atoms with Crippen LogP contribution in [0.1, 0.15) is 35.4 Å². The Bertz CT molecular complexity index is 979. The van der Waals surface area contributed by atoms with E-state index in [2.05, 4.69) is 15.4 Å². The van der Waals surface area contributed by atoms with Crippen molar-refractivity contribution < 1.29 is 27.5 Å². The highest BCUT2D eigenvalue weighted by Crippen LogP contribution is 2.31. The number of rotatable bonds is 5. The molecule has 0 radical (unpaired) electrons. The van der Waals surface area contributed by atoms with Gasteiger partial charge in [0.1, 0.15) is 0 Å². The van der Waals surface area contributed by atoms with E-state index in [1.807, 2.05) is 0 Å². The summed E-state index contributed by atoms with van der Waals surface area (Å²) in [6.07, 6.45) is -0.675. The van der Waals surface area contributed by atoms with Gasteiger partial charge < -0.3 is 9.64 Å². The largest absolute Gasteiger partial charge is 0.469 e. The summed E-state index contributed by atoms with van der Waals surface area (Å²) in [7, 11) is 1.33. The molecule has 1 fully saturated rings. The number of ether oxygens (including phenoxy) is 1. The molecule has 1 amide bonds. The lowest BCUT2D eigenvalue weighted by molar-refractivity contribution is -0.148. The van der Waals surface area contributed by atoms with Crippen LogP contribution in [-0.2, 0) is 27.0 Å². The van der Waals surface area contributed by atoms with Crippen molar-refractivity contribution in [1.82, 2.24) is 25.1 Å². The van der Waals surface area contributed by atoms with Gasteiger partial charge in [-0.2, -0.15) is 18.0 Å². The van der Waals surface area contributed by atoms with Crippen LogP contribution in [0.25, 0.3) is 6.08 Å². The van der Waals surface area contributed by atoms with E-state index in [1.165, 1.54) is 30.1 Å². The van der Waals surface area contributed by atoms with E-state index in [-0.39, 0.29) is 24.3 Å². The zero-order valence-electron chi connectivity index (χ0n) is 17.1. The van der Waals surface area contributed by atoms with Crippen LogP contribution in [0.3, 0.4) is 0 Å². The second kappa shape index (κ2) is 9.27. The van der Waals surface area contributed by atoms with Gasteiger partial charge in [-0.15, -0.1) is 10.2 Å². The number of esters is 1. The number of methoxy groups -OCH3 is 1. The molecule has 3 rings (SSSR count). The van der Waals surface area contributed by atoms with Gasteiger partial charge in [-0.05, 0) is 54.3 Å². The van der Waals surface area contributed by atoms with E-state index in [4.69, 9.17) is 4.74 Å². The van der Waals surface area contributed by atoms with Crippen molar-refractivity contribution in [2.75, 3.05) is 20.2 Å². The molecule has 1 aromatic heterocycles. The Morgan fingerprint density at radius 3 is 2.55 bits per heavy atom. The number of carbonyl (C=O) groups is 2. The molecular formula is C20H22F3N5O3. The zero-order valence-corrected chi connectivity index (χ0v) is 17.1. The van der Waals surface area contributed by atoms with Crippen LogP contribution in [0.15, 0.2) is 24.3 Å². The van der Waals surface area contributed by atoms with E-state index in [1.54, 1.807) is 11.8 Å². The SMILES string of the molecule is COC(=O)C1CCN(C(=O)C=Cc2ccc(C(F)(F)F)cc2Cn2nnc(C)n2)CC1. The maximum Gasteiger partial charge on any atom is 0.416 e. The predicted octanol–water partition coefficient (Wildman–Crippen LogP) is 2.47. The standard InChI is InChI=1S/C20H22F3N5O3/c1-13-24-26-28(25-13)12-16-11-17(20(21,22)23)5-3-14(16)4-6-18(29)27-9-7-15(8-10-27)19(30)31-2/h3-6,11,15H,7-10,12H2,1-2H3. The van der Waals surface area contributed by atoms with Crippen molar-refractivity contribution in [3.8, 4) is 0 Å². The average Bonchev–Trinajstić information content (AvgIpc) is 3.16. The maximum absolute atomic E-state index is 13.2. The minimum absolute atomic E-state index is 0.0247. The number of tetrazole rings is 1. The monoisotopic (exact) mass is 437 g/mol. The highest BCUT2D eigenvalue weighted by Gasteiger charge is 2.31. The van der Waals surface area contributed by atoms with Crippen LogP contribution in [0.5, 0.6) is 0 Å². The fourth-order valence-corrected chi connectivity index (χ4v) is 3.39. The first-order valence-electron chi connectivity index (χ1n) is 9.66.